The van der Waals surface area contributed by atoms with Crippen molar-refractivity contribution >= 4 is 7.60 Å². The Kier molecular flexibility index (Phi) is 6.54. The molecule has 1 unspecified atom stereocenters. The van der Waals surface area contributed by atoms with E-state index in [9.17, 15) is 4.57 Å². The number of hydrogen-bond donors (Lipinski definition) is 0. The molecule has 1 fully saturated rings. The fourth-order valence-corrected chi connectivity index (χ4v) is 2.88. The zero-order valence-electron chi connectivity index (χ0n) is 10.0. The van der Waals surface area contributed by atoms with Crippen molar-refractivity contribution < 1.29 is 23.1 Å². The van der Waals surface area contributed by atoms with Gasteiger partial charge in [-0.25, -0.2) is 0 Å². The minimum absolute atomic E-state index is 0.0284. The van der Waals surface area contributed by atoms with Crippen LogP contribution in [-0.2, 0) is 23.1 Å². The summed E-state index contributed by atoms with van der Waals surface area (Å²) in [6.07, 6.45) is 2.70. The highest BCUT2D eigenvalue weighted by Crippen LogP contribution is 2.48. The molecule has 1 aliphatic heterocycles. The Morgan fingerprint density at radius 1 is 1.25 bits per heavy atom. The molecular weight excluding hydrogens is 231 g/mol. The second-order valence-corrected chi connectivity index (χ2v) is 5.53. The molecule has 96 valence electrons. The lowest BCUT2D eigenvalue weighted by atomic mass is 10.2. The topological polar surface area (TPSA) is 54.0 Å². The molecule has 0 aliphatic carbocycles. The monoisotopic (exact) mass is 252 g/mol. The lowest BCUT2D eigenvalue weighted by molar-refractivity contribution is -0.153. The van der Waals surface area contributed by atoms with E-state index in [0.29, 0.717) is 19.8 Å². The van der Waals surface area contributed by atoms with Gasteiger partial charge >= 0.3 is 7.60 Å². The predicted octanol–water partition coefficient (Wildman–Crippen LogP) is 2.75. The van der Waals surface area contributed by atoms with Crippen LogP contribution in [-0.4, -0.2) is 32.5 Å². The summed E-state index contributed by atoms with van der Waals surface area (Å²) in [6, 6.07) is 0. The molecule has 1 atom stereocenters. The van der Waals surface area contributed by atoms with E-state index < -0.39 is 7.60 Å². The molecule has 0 saturated carbocycles. The molecule has 0 aromatic heterocycles. The van der Waals surface area contributed by atoms with Crippen LogP contribution in [0.5, 0.6) is 0 Å². The Morgan fingerprint density at radius 2 is 1.94 bits per heavy atom. The molecule has 5 nitrogen and oxygen atoms in total. The minimum Gasteiger partial charge on any atom is -0.353 e. The predicted molar refractivity (Wildman–Crippen MR) is 60.4 cm³/mol. The summed E-state index contributed by atoms with van der Waals surface area (Å²) < 4.78 is 33.1. The standard InChI is InChI=1S/C10H21O5P/c1-3-14-16(11,15-4-2)9-13-10-7-5-6-8-12-10/h10H,3-9H2,1-2H3. The van der Waals surface area contributed by atoms with E-state index in [1.165, 1.54) is 0 Å². The molecular formula is C10H21O5P. The summed E-state index contributed by atoms with van der Waals surface area (Å²) >= 11 is 0. The van der Waals surface area contributed by atoms with Gasteiger partial charge in [0.25, 0.3) is 0 Å². The molecule has 0 amide bonds. The fourth-order valence-electron chi connectivity index (χ4n) is 1.52. The van der Waals surface area contributed by atoms with Gasteiger partial charge in [0, 0.05) is 6.61 Å². The molecule has 1 aliphatic rings. The Bertz CT molecular complexity index is 217. The molecule has 1 rings (SSSR count). The first-order chi connectivity index (χ1) is 7.70. The highest BCUT2D eigenvalue weighted by molar-refractivity contribution is 7.53. The normalized spacial score (nSPS) is 22.2. The largest absolute Gasteiger partial charge is 0.356 e. The van der Waals surface area contributed by atoms with Crippen molar-refractivity contribution in [3.8, 4) is 0 Å². The van der Waals surface area contributed by atoms with Gasteiger partial charge in [-0.15, -0.1) is 0 Å². The van der Waals surface area contributed by atoms with E-state index in [1.54, 1.807) is 13.8 Å². The van der Waals surface area contributed by atoms with Gasteiger partial charge in [-0.2, -0.15) is 0 Å². The lowest BCUT2D eigenvalue weighted by Gasteiger charge is -2.24. The van der Waals surface area contributed by atoms with Crippen molar-refractivity contribution in [3.63, 3.8) is 0 Å². The van der Waals surface area contributed by atoms with Gasteiger partial charge in [0.2, 0.25) is 0 Å². The zero-order valence-corrected chi connectivity index (χ0v) is 10.9. The molecule has 6 heteroatoms. The first-order valence-corrected chi connectivity index (χ1v) is 7.54. The zero-order chi connectivity index (χ0) is 11.9. The molecule has 1 heterocycles. The van der Waals surface area contributed by atoms with Crippen molar-refractivity contribution in [2.45, 2.75) is 39.4 Å². The number of rotatable bonds is 7. The quantitative estimate of drug-likeness (QED) is 0.652. The van der Waals surface area contributed by atoms with Crippen LogP contribution < -0.4 is 0 Å². The van der Waals surface area contributed by atoms with Crippen LogP contribution in [0.1, 0.15) is 33.1 Å². The molecule has 0 N–H and O–H groups in total. The molecule has 0 spiro atoms. The lowest BCUT2D eigenvalue weighted by Crippen LogP contribution is -2.23. The van der Waals surface area contributed by atoms with Crippen molar-refractivity contribution in [3.05, 3.63) is 0 Å². The van der Waals surface area contributed by atoms with Gasteiger partial charge in [-0.05, 0) is 33.1 Å². The summed E-state index contributed by atoms with van der Waals surface area (Å²) in [6.45, 7) is 4.97. The number of ether oxygens (including phenoxy) is 2. The van der Waals surface area contributed by atoms with Crippen molar-refractivity contribution in [2.75, 3.05) is 26.2 Å². The fraction of sp³-hybridized carbons (Fsp3) is 1.00. The maximum Gasteiger partial charge on any atom is 0.356 e. The maximum absolute atomic E-state index is 12.0. The van der Waals surface area contributed by atoms with Crippen LogP contribution in [0.15, 0.2) is 0 Å². The Balaban J connectivity index is 2.33. The highest BCUT2D eigenvalue weighted by atomic mass is 31.2. The maximum atomic E-state index is 12.0. The van der Waals surface area contributed by atoms with Crippen LogP contribution in [0, 0.1) is 0 Å². The van der Waals surface area contributed by atoms with E-state index in [-0.39, 0.29) is 12.6 Å². The third-order valence-corrected chi connectivity index (χ3v) is 3.98. The Hall–Kier alpha value is 0.0700. The second kappa shape index (κ2) is 7.41. The molecule has 0 aromatic carbocycles. The van der Waals surface area contributed by atoms with Crippen molar-refractivity contribution in [1.29, 1.82) is 0 Å². The van der Waals surface area contributed by atoms with E-state index in [2.05, 4.69) is 0 Å². The van der Waals surface area contributed by atoms with Crippen LogP contribution in [0.4, 0.5) is 0 Å². The Labute approximate surface area is 96.9 Å². The third kappa shape index (κ3) is 4.93. The van der Waals surface area contributed by atoms with Crippen LogP contribution in [0.2, 0.25) is 0 Å². The van der Waals surface area contributed by atoms with Crippen LogP contribution >= 0.6 is 7.60 Å². The summed E-state index contributed by atoms with van der Waals surface area (Å²) in [4.78, 5) is 0. The minimum atomic E-state index is -3.09. The van der Waals surface area contributed by atoms with Crippen LogP contribution in [0.3, 0.4) is 0 Å². The summed E-state index contributed by atoms with van der Waals surface area (Å²) in [5.74, 6) is 0. The van der Waals surface area contributed by atoms with Gasteiger partial charge in [-0.3, -0.25) is 4.57 Å². The van der Waals surface area contributed by atoms with E-state index in [1.807, 2.05) is 0 Å². The van der Waals surface area contributed by atoms with Gasteiger partial charge in [-0.1, -0.05) is 0 Å². The van der Waals surface area contributed by atoms with Gasteiger partial charge in [0.1, 0.15) is 0 Å². The summed E-state index contributed by atoms with van der Waals surface area (Å²) in [5, 5.41) is 0. The molecule has 0 aromatic rings. The SMILES string of the molecule is CCOP(=O)(COC1CCCCO1)OCC. The van der Waals surface area contributed by atoms with Crippen molar-refractivity contribution in [1.82, 2.24) is 0 Å². The molecule has 16 heavy (non-hydrogen) atoms. The van der Waals surface area contributed by atoms with Gasteiger partial charge in [0.15, 0.2) is 12.6 Å². The van der Waals surface area contributed by atoms with Gasteiger partial charge in [0.05, 0.1) is 13.2 Å². The summed E-state index contributed by atoms with van der Waals surface area (Å²) in [7, 11) is -3.09. The summed E-state index contributed by atoms with van der Waals surface area (Å²) in [5.41, 5.74) is 0. The first kappa shape index (κ1) is 14.1. The third-order valence-electron chi connectivity index (χ3n) is 2.21. The van der Waals surface area contributed by atoms with E-state index in [0.717, 1.165) is 19.3 Å². The van der Waals surface area contributed by atoms with Crippen molar-refractivity contribution in [2.24, 2.45) is 0 Å². The molecule has 0 bridgehead atoms. The highest BCUT2D eigenvalue weighted by Gasteiger charge is 2.26. The Morgan fingerprint density at radius 3 is 2.44 bits per heavy atom. The van der Waals surface area contributed by atoms with E-state index in [4.69, 9.17) is 18.5 Å². The first-order valence-electron chi connectivity index (χ1n) is 5.81. The van der Waals surface area contributed by atoms with E-state index >= 15 is 0 Å². The smallest absolute Gasteiger partial charge is 0.353 e. The molecule has 0 radical (unpaired) electrons. The van der Waals surface area contributed by atoms with Crippen LogP contribution in [0.25, 0.3) is 0 Å². The number of hydrogen-bond acceptors (Lipinski definition) is 5. The average molecular weight is 252 g/mol. The average Bonchev–Trinajstić information content (AvgIpc) is 2.29. The second-order valence-electron chi connectivity index (χ2n) is 3.54. The molecule has 1 saturated heterocycles. The van der Waals surface area contributed by atoms with Gasteiger partial charge < -0.3 is 18.5 Å².